The summed E-state index contributed by atoms with van der Waals surface area (Å²) in [5, 5.41) is 9.52. The number of anilines is 1. The monoisotopic (exact) mass is 241 g/mol. The Morgan fingerprint density at radius 3 is 2.31 bits per heavy atom. The number of aliphatic carboxylic acids is 1. The fourth-order valence-electron chi connectivity index (χ4n) is 1.50. The van der Waals surface area contributed by atoms with Gasteiger partial charge in [0.05, 0.1) is 6.42 Å². The number of hydrogen-bond acceptors (Lipinski definition) is 2. The highest BCUT2D eigenvalue weighted by atomic mass is 35.5. The van der Waals surface area contributed by atoms with Crippen LogP contribution in [0.4, 0.5) is 5.69 Å². The first kappa shape index (κ1) is 12.8. The minimum absolute atomic E-state index is 0.0894. The Morgan fingerprint density at radius 2 is 1.88 bits per heavy atom. The molecule has 0 spiro atoms. The predicted octanol–water partition coefficient (Wildman–Crippen LogP) is 3.03. The molecular formula is C12H16ClNO2. The minimum Gasteiger partial charge on any atom is -0.481 e. The van der Waals surface area contributed by atoms with Gasteiger partial charge in [0.1, 0.15) is 0 Å². The van der Waals surface area contributed by atoms with Gasteiger partial charge >= 0.3 is 5.97 Å². The van der Waals surface area contributed by atoms with Crippen molar-refractivity contribution in [2.75, 3.05) is 11.9 Å². The molecule has 0 unspecified atom stereocenters. The Bertz CT molecular complexity index is 373. The van der Waals surface area contributed by atoms with Crippen LogP contribution in [0.2, 0.25) is 5.02 Å². The van der Waals surface area contributed by atoms with Gasteiger partial charge in [-0.25, -0.2) is 0 Å². The SMILES string of the molecule is CN(c1ccc(Cl)cc1)C(C)(C)CC(=O)O. The van der Waals surface area contributed by atoms with E-state index in [4.69, 9.17) is 16.7 Å². The molecule has 1 rings (SSSR count). The van der Waals surface area contributed by atoms with Gasteiger partial charge in [0.15, 0.2) is 0 Å². The smallest absolute Gasteiger partial charge is 0.305 e. The molecule has 88 valence electrons. The Kier molecular flexibility index (Phi) is 3.81. The standard InChI is InChI=1S/C12H16ClNO2/c1-12(2,8-11(15)16)14(3)10-6-4-9(13)5-7-10/h4-7H,8H2,1-3H3,(H,15,16). The molecule has 1 N–H and O–H groups in total. The average Bonchev–Trinajstić information content (AvgIpc) is 2.16. The van der Waals surface area contributed by atoms with Gasteiger partial charge in [0.25, 0.3) is 0 Å². The summed E-state index contributed by atoms with van der Waals surface area (Å²) in [6.45, 7) is 3.80. The molecule has 4 heteroatoms. The maximum atomic E-state index is 10.8. The first-order valence-electron chi connectivity index (χ1n) is 5.04. The van der Waals surface area contributed by atoms with Gasteiger partial charge in [0.2, 0.25) is 0 Å². The number of nitrogens with zero attached hydrogens (tertiary/aromatic N) is 1. The number of carbonyl (C=O) groups is 1. The summed E-state index contributed by atoms with van der Waals surface area (Å²) in [5.74, 6) is -0.800. The predicted molar refractivity (Wildman–Crippen MR) is 66.2 cm³/mol. The summed E-state index contributed by atoms with van der Waals surface area (Å²) in [6, 6.07) is 7.35. The molecule has 0 heterocycles. The van der Waals surface area contributed by atoms with E-state index in [9.17, 15) is 4.79 Å². The summed E-state index contributed by atoms with van der Waals surface area (Å²) >= 11 is 5.80. The number of carboxylic acid groups (broad SMARTS) is 1. The summed E-state index contributed by atoms with van der Waals surface area (Å²) in [7, 11) is 1.88. The van der Waals surface area contributed by atoms with E-state index in [1.807, 2.05) is 37.9 Å². The lowest BCUT2D eigenvalue weighted by Crippen LogP contribution is -2.43. The highest BCUT2D eigenvalue weighted by Crippen LogP contribution is 2.26. The molecule has 0 saturated carbocycles. The van der Waals surface area contributed by atoms with Crippen LogP contribution in [-0.4, -0.2) is 23.7 Å². The van der Waals surface area contributed by atoms with E-state index in [0.29, 0.717) is 5.02 Å². The number of hydrogen-bond donors (Lipinski definition) is 1. The molecule has 0 amide bonds. The molecule has 0 saturated heterocycles. The Morgan fingerprint density at radius 1 is 1.38 bits per heavy atom. The maximum absolute atomic E-state index is 10.8. The van der Waals surface area contributed by atoms with E-state index in [2.05, 4.69) is 0 Å². The summed E-state index contributed by atoms with van der Waals surface area (Å²) in [4.78, 5) is 12.7. The molecule has 3 nitrogen and oxygen atoms in total. The second kappa shape index (κ2) is 4.74. The fourth-order valence-corrected chi connectivity index (χ4v) is 1.63. The van der Waals surface area contributed by atoms with E-state index in [1.54, 1.807) is 12.1 Å². The molecule has 0 aliphatic rings. The third kappa shape index (κ3) is 3.14. The average molecular weight is 242 g/mol. The zero-order chi connectivity index (χ0) is 12.3. The van der Waals surface area contributed by atoms with Crippen LogP contribution in [0.3, 0.4) is 0 Å². The second-order valence-corrected chi connectivity index (χ2v) is 4.85. The van der Waals surface area contributed by atoms with Crippen LogP contribution < -0.4 is 4.90 Å². The first-order chi connectivity index (χ1) is 7.33. The van der Waals surface area contributed by atoms with Crippen molar-refractivity contribution in [1.82, 2.24) is 0 Å². The maximum Gasteiger partial charge on any atom is 0.305 e. The van der Waals surface area contributed by atoms with Crippen LogP contribution in [0, 0.1) is 0 Å². The van der Waals surface area contributed by atoms with Crippen molar-refractivity contribution >= 4 is 23.3 Å². The third-order valence-electron chi connectivity index (χ3n) is 2.71. The molecule has 0 aromatic heterocycles. The topological polar surface area (TPSA) is 40.5 Å². The molecule has 1 aromatic rings. The van der Waals surface area contributed by atoms with Crippen LogP contribution in [0.5, 0.6) is 0 Å². The van der Waals surface area contributed by atoms with Gasteiger partial charge in [0, 0.05) is 23.3 Å². The number of benzene rings is 1. The molecule has 0 radical (unpaired) electrons. The van der Waals surface area contributed by atoms with Gasteiger partial charge < -0.3 is 10.0 Å². The van der Waals surface area contributed by atoms with Crippen molar-refractivity contribution in [3.8, 4) is 0 Å². The lowest BCUT2D eigenvalue weighted by atomic mass is 9.98. The van der Waals surface area contributed by atoms with Crippen molar-refractivity contribution in [1.29, 1.82) is 0 Å². The molecule has 0 aliphatic heterocycles. The van der Waals surface area contributed by atoms with E-state index in [-0.39, 0.29) is 6.42 Å². The van der Waals surface area contributed by atoms with E-state index >= 15 is 0 Å². The van der Waals surface area contributed by atoms with Crippen LogP contribution in [0.25, 0.3) is 0 Å². The molecule has 0 fully saturated rings. The van der Waals surface area contributed by atoms with Crippen molar-refractivity contribution in [2.24, 2.45) is 0 Å². The number of halogens is 1. The second-order valence-electron chi connectivity index (χ2n) is 4.42. The zero-order valence-electron chi connectivity index (χ0n) is 9.70. The fraction of sp³-hybridized carbons (Fsp3) is 0.417. The highest BCUT2D eigenvalue weighted by molar-refractivity contribution is 6.30. The van der Waals surface area contributed by atoms with Gasteiger partial charge in [-0.2, -0.15) is 0 Å². The van der Waals surface area contributed by atoms with E-state index in [0.717, 1.165) is 5.69 Å². The van der Waals surface area contributed by atoms with Crippen molar-refractivity contribution in [2.45, 2.75) is 25.8 Å². The normalized spacial score (nSPS) is 11.2. The molecule has 0 aliphatic carbocycles. The Hall–Kier alpha value is -1.22. The number of rotatable bonds is 4. The number of carboxylic acids is 1. The third-order valence-corrected chi connectivity index (χ3v) is 2.96. The largest absolute Gasteiger partial charge is 0.481 e. The van der Waals surface area contributed by atoms with Crippen LogP contribution in [0.15, 0.2) is 24.3 Å². The van der Waals surface area contributed by atoms with Crippen molar-refractivity contribution in [3.63, 3.8) is 0 Å². The quantitative estimate of drug-likeness (QED) is 0.881. The van der Waals surface area contributed by atoms with Gasteiger partial charge in [-0.3, -0.25) is 4.79 Å². The lowest BCUT2D eigenvalue weighted by molar-refractivity contribution is -0.138. The summed E-state index contributed by atoms with van der Waals surface area (Å²) in [6.07, 6.45) is 0.0894. The molecule has 16 heavy (non-hydrogen) atoms. The Balaban J connectivity index is 2.88. The van der Waals surface area contributed by atoms with Gasteiger partial charge in [-0.05, 0) is 38.1 Å². The van der Waals surface area contributed by atoms with Crippen LogP contribution in [-0.2, 0) is 4.79 Å². The highest BCUT2D eigenvalue weighted by Gasteiger charge is 2.26. The molecule has 0 bridgehead atoms. The molecule has 0 atom stereocenters. The zero-order valence-corrected chi connectivity index (χ0v) is 10.5. The van der Waals surface area contributed by atoms with Gasteiger partial charge in [-0.15, -0.1) is 0 Å². The molecular weight excluding hydrogens is 226 g/mol. The molecule has 1 aromatic carbocycles. The van der Waals surface area contributed by atoms with Crippen LogP contribution in [0.1, 0.15) is 20.3 Å². The Labute approximate surface area is 101 Å². The summed E-state index contributed by atoms with van der Waals surface area (Å²) in [5.41, 5.74) is 0.523. The van der Waals surface area contributed by atoms with Crippen molar-refractivity contribution in [3.05, 3.63) is 29.3 Å². The summed E-state index contributed by atoms with van der Waals surface area (Å²) < 4.78 is 0. The van der Waals surface area contributed by atoms with Gasteiger partial charge in [-0.1, -0.05) is 11.6 Å². The van der Waals surface area contributed by atoms with Crippen molar-refractivity contribution < 1.29 is 9.90 Å². The minimum atomic E-state index is -0.800. The van der Waals surface area contributed by atoms with Crippen LogP contribution >= 0.6 is 11.6 Å². The van der Waals surface area contributed by atoms with E-state index in [1.165, 1.54) is 0 Å². The van der Waals surface area contributed by atoms with E-state index < -0.39 is 11.5 Å². The first-order valence-corrected chi connectivity index (χ1v) is 5.42. The lowest BCUT2D eigenvalue weighted by Gasteiger charge is -2.36.